The van der Waals surface area contributed by atoms with Gasteiger partial charge < -0.3 is 9.47 Å². The Morgan fingerprint density at radius 2 is 1.03 bits per heavy atom. The van der Waals surface area contributed by atoms with Crippen LogP contribution in [-0.2, 0) is 22.4 Å². The second-order valence-electron chi connectivity index (χ2n) is 7.12. The molecule has 4 N–H and O–H groups in total. The highest BCUT2D eigenvalue weighted by molar-refractivity contribution is 5.77. The van der Waals surface area contributed by atoms with Gasteiger partial charge in [0.25, 0.3) is 0 Å². The molecule has 0 bridgehead atoms. The molecule has 0 heterocycles. The minimum atomic E-state index is -0.417. The number of benzene rings is 2. The molecule has 0 spiro atoms. The van der Waals surface area contributed by atoms with Crippen molar-refractivity contribution in [2.24, 2.45) is 0 Å². The molecule has 0 saturated heterocycles. The van der Waals surface area contributed by atoms with Crippen LogP contribution in [0, 0.1) is 0 Å². The summed E-state index contributed by atoms with van der Waals surface area (Å²) in [5.41, 5.74) is 4.88. The largest absolute Gasteiger partial charge is 0.494 e. The van der Waals surface area contributed by atoms with Crippen LogP contribution in [0.15, 0.2) is 48.5 Å². The molecule has 2 rings (SSSR count). The van der Waals surface area contributed by atoms with E-state index < -0.39 is 11.8 Å². The zero-order valence-corrected chi connectivity index (χ0v) is 18.8. The van der Waals surface area contributed by atoms with Crippen molar-refractivity contribution in [2.45, 2.75) is 52.4 Å². The lowest BCUT2D eigenvalue weighted by atomic mass is 10.1. The van der Waals surface area contributed by atoms with Crippen LogP contribution in [0.3, 0.4) is 0 Å². The van der Waals surface area contributed by atoms with E-state index in [1.165, 1.54) is 0 Å². The fourth-order valence-corrected chi connectivity index (χ4v) is 2.53. The Labute approximate surface area is 189 Å². The lowest BCUT2D eigenvalue weighted by Gasteiger charge is -2.06. The molecule has 0 fully saturated rings. The number of ether oxygens (including phenoxy) is 2. The minimum absolute atomic E-state index is 0.172. The quantitative estimate of drug-likeness (QED) is 0.224. The van der Waals surface area contributed by atoms with Crippen LogP contribution >= 0.6 is 0 Å². The van der Waals surface area contributed by atoms with Crippen LogP contribution in [0.25, 0.3) is 0 Å². The number of unbranched alkanes of at least 4 members (excludes halogenated alkanes) is 2. The number of hydroxylamine groups is 2. The molecular formula is C24H34N2O6. The van der Waals surface area contributed by atoms with E-state index in [1.807, 2.05) is 48.5 Å². The summed E-state index contributed by atoms with van der Waals surface area (Å²) in [4.78, 5) is 21.8. The average molecular weight is 447 g/mol. The molecule has 0 aliphatic rings. The predicted octanol–water partition coefficient (Wildman–Crippen LogP) is 3.83. The molecule has 8 nitrogen and oxygen atoms in total. The van der Waals surface area contributed by atoms with E-state index >= 15 is 0 Å². The highest BCUT2D eigenvalue weighted by Crippen LogP contribution is 2.14. The number of carbonyl (C=O) groups excluding carboxylic acids is 2. The Morgan fingerprint density at radius 1 is 0.688 bits per heavy atom. The maximum atomic E-state index is 10.9. The van der Waals surface area contributed by atoms with E-state index in [0.717, 1.165) is 48.3 Å². The van der Waals surface area contributed by atoms with Gasteiger partial charge in [-0.25, -0.2) is 11.0 Å². The lowest BCUT2D eigenvalue weighted by molar-refractivity contribution is -0.129. The molecule has 0 unspecified atom stereocenters. The molecule has 0 aromatic heterocycles. The van der Waals surface area contributed by atoms with Crippen molar-refractivity contribution in [3.05, 3.63) is 59.7 Å². The van der Waals surface area contributed by atoms with Gasteiger partial charge in [-0.1, -0.05) is 51.0 Å². The summed E-state index contributed by atoms with van der Waals surface area (Å²) < 4.78 is 11.0. The SMILES string of the molecule is CCCCOc1ccc(CC(=O)NO)cc1.CCCCOc1ccc(CC(=O)NO)cc1. The molecule has 0 atom stereocenters. The fraction of sp³-hybridized carbons (Fsp3) is 0.417. The van der Waals surface area contributed by atoms with Crippen molar-refractivity contribution in [3.63, 3.8) is 0 Å². The van der Waals surface area contributed by atoms with Crippen molar-refractivity contribution >= 4 is 11.8 Å². The molecule has 0 aliphatic heterocycles. The topological polar surface area (TPSA) is 117 Å². The highest BCUT2D eigenvalue weighted by atomic mass is 16.5. The van der Waals surface area contributed by atoms with E-state index in [4.69, 9.17) is 19.9 Å². The number of hydrogen-bond acceptors (Lipinski definition) is 6. The van der Waals surface area contributed by atoms with Gasteiger partial charge >= 0.3 is 0 Å². The van der Waals surface area contributed by atoms with Crippen LogP contribution in [0.1, 0.15) is 50.7 Å². The van der Waals surface area contributed by atoms with Crippen LogP contribution < -0.4 is 20.4 Å². The van der Waals surface area contributed by atoms with Gasteiger partial charge in [0.1, 0.15) is 11.5 Å². The first-order chi connectivity index (χ1) is 15.5. The standard InChI is InChI=1S/2C12H17NO3/c2*1-2-3-8-16-11-6-4-10(5-7-11)9-12(14)13-15/h2*4-7,15H,2-3,8-9H2,1H3,(H,13,14). The van der Waals surface area contributed by atoms with Crippen molar-refractivity contribution < 1.29 is 29.5 Å². The molecule has 8 heteroatoms. The van der Waals surface area contributed by atoms with Crippen LogP contribution in [0.4, 0.5) is 0 Å². The van der Waals surface area contributed by atoms with Gasteiger partial charge in [-0.3, -0.25) is 20.0 Å². The number of carbonyl (C=O) groups is 2. The third kappa shape index (κ3) is 11.9. The molecule has 176 valence electrons. The summed E-state index contributed by atoms with van der Waals surface area (Å²) in [6.45, 7) is 5.65. The van der Waals surface area contributed by atoms with Gasteiger partial charge in [0, 0.05) is 0 Å². The third-order valence-corrected chi connectivity index (χ3v) is 4.36. The van der Waals surface area contributed by atoms with E-state index in [1.54, 1.807) is 11.0 Å². The van der Waals surface area contributed by atoms with Gasteiger partial charge in [0.15, 0.2) is 0 Å². The van der Waals surface area contributed by atoms with Crippen LogP contribution in [-0.4, -0.2) is 35.4 Å². The minimum Gasteiger partial charge on any atom is -0.494 e. The Hall–Kier alpha value is -3.10. The smallest absolute Gasteiger partial charge is 0.247 e. The third-order valence-electron chi connectivity index (χ3n) is 4.36. The molecule has 0 radical (unpaired) electrons. The van der Waals surface area contributed by atoms with E-state index in [-0.39, 0.29) is 12.8 Å². The van der Waals surface area contributed by atoms with Crippen LogP contribution in [0.5, 0.6) is 11.5 Å². The first-order valence-electron chi connectivity index (χ1n) is 10.8. The van der Waals surface area contributed by atoms with Gasteiger partial charge in [-0.2, -0.15) is 0 Å². The zero-order chi connectivity index (χ0) is 23.6. The number of hydrogen-bond donors (Lipinski definition) is 4. The Bertz CT molecular complexity index is 711. The second-order valence-corrected chi connectivity index (χ2v) is 7.12. The van der Waals surface area contributed by atoms with Crippen molar-refractivity contribution in [1.29, 1.82) is 0 Å². The molecule has 32 heavy (non-hydrogen) atoms. The molecule has 2 aromatic carbocycles. The van der Waals surface area contributed by atoms with E-state index in [2.05, 4.69) is 13.8 Å². The maximum Gasteiger partial charge on any atom is 0.247 e. The summed E-state index contributed by atoms with van der Waals surface area (Å²) in [6.07, 6.45) is 4.63. The summed E-state index contributed by atoms with van der Waals surface area (Å²) in [7, 11) is 0. The molecule has 0 aliphatic carbocycles. The lowest BCUT2D eigenvalue weighted by Crippen LogP contribution is -2.20. The Balaban J connectivity index is 0.000000320. The monoisotopic (exact) mass is 446 g/mol. The molecule has 0 saturated carbocycles. The average Bonchev–Trinajstić information content (AvgIpc) is 2.82. The van der Waals surface area contributed by atoms with Crippen molar-refractivity contribution in [3.8, 4) is 11.5 Å². The summed E-state index contributed by atoms with van der Waals surface area (Å²) in [5, 5.41) is 16.7. The Morgan fingerprint density at radius 3 is 1.31 bits per heavy atom. The normalized spacial score (nSPS) is 9.88. The van der Waals surface area contributed by atoms with Gasteiger partial charge in [0.05, 0.1) is 26.1 Å². The molecule has 2 aromatic rings. The summed E-state index contributed by atoms with van der Waals surface area (Å²) in [6, 6.07) is 14.6. The van der Waals surface area contributed by atoms with Crippen molar-refractivity contribution in [1.82, 2.24) is 11.0 Å². The van der Waals surface area contributed by atoms with E-state index in [0.29, 0.717) is 13.2 Å². The van der Waals surface area contributed by atoms with Crippen LogP contribution in [0.2, 0.25) is 0 Å². The summed E-state index contributed by atoms with van der Waals surface area (Å²) >= 11 is 0. The van der Waals surface area contributed by atoms with Gasteiger partial charge in [0.2, 0.25) is 11.8 Å². The Kier molecular flexibility index (Phi) is 14.0. The van der Waals surface area contributed by atoms with Crippen molar-refractivity contribution in [2.75, 3.05) is 13.2 Å². The number of amides is 2. The first kappa shape index (κ1) is 26.9. The summed E-state index contributed by atoms with van der Waals surface area (Å²) in [5.74, 6) is 0.780. The van der Waals surface area contributed by atoms with E-state index in [9.17, 15) is 9.59 Å². The number of nitrogens with one attached hydrogen (secondary N) is 2. The highest BCUT2D eigenvalue weighted by Gasteiger charge is 2.02. The number of rotatable bonds is 12. The fourth-order valence-electron chi connectivity index (χ4n) is 2.53. The molecular weight excluding hydrogens is 412 g/mol. The second kappa shape index (κ2) is 16.6. The zero-order valence-electron chi connectivity index (χ0n) is 18.8. The maximum absolute atomic E-state index is 10.9. The molecule has 2 amide bonds. The van der Waals surface area contributed by atoms with Gasteiger partial charge in [-0.15, -0.1) is 0 Å². The predicted molar refractivity (Wildman–Crippen MR) is 121 cm³/mol. The van der Waals surface area contributed by atoms with Gasteiger partial charge in [-0.05, 0) is 48.2 Å². The first-order valence-corrected chi connectivity index (χ1v) is 10.8.